The van der Waals surface area contributed by atoms with Crippen LogP contribution in [-0.4, -0.2) is 15.2 Å². The van der Waals surface area contributed by atoms with E-state index in [2.05, 4.69) is 31.1 Å². The van der Waals surface area contributed by atoms with E-state index in [0.29, 0.717) is 11.8 Å². The van der Waals surface area contributed by atoms with Gasteiger partial charge < -0.3 is 4.42 Å². The molecule has 18 heavy (non-hydrogen) atoms. The van der Waals surface area contributed by atoms with Crippen molar-refractivity contribution >= 4 is 15.9 Å². The van der Waals surface area contributed by atoms with Crippen LogP contribution in [0.15, 0.2) is 57.7 Å². The van der Waals surface area contributed by atoms with Crippen LogP contribution in [0.4, 0.5) is 0 Å². The standard InChI is InChI=1S/C13H8BrN3O/c14-11-3-1-9(2-4-11)12-16-17-13(18-12)10-5-7-15-8-6-10/h1-8H. The van der Waals surface area contributed by atoms with Crippen molar-refractivity contribution < 1.29 is 4.42 Å². The second kappa shape index (κ2) is 4.70. The van der Waals surface area contributed by atoms with E-state index in [1.165, 1.54) is 0 Å². The highest BCUT2D eigenvalue weighted by atomic mass is 79.9. The van der Waals surface area contributed by atoms with Gasteiger partial charge in [0.2, 0.25) is 11.8 Å². The number of aromatic nitrogens is 3. The van der Waals surface area contributed by atoms with Gasteiger partial charge in [-0.25, -0.2) is 0 Å². The molecular weight excluding hydrogens is 294 g/mol. The van der Waals surface area contributed by atoms with Crippen molar-refractivity contribution in [3.63, 3.8) is 0 Å². The van der Waals surface area contributed by atoms with Crippen LogP contribution in [0, 0.1) is 0 Å². The van der Waals surface area contributed by atoms with Gasteiger partial charge in [0, 0.05) is 28.0 Å². The Morgan fingerprint density at radius 2 is 1.33 bits per heavy atom. The van der Waals surface area contributed by atoms with E-state index in [1.807, 2.05) is 36.4 Å². The van der Waals surface area contributed by atoms with Crippen LogP contribution >= 0.6 is 15.9 Å². The highest BCUT2D eigenvalue weighted by Crippen LogP contribution is 2.24. The fraction of sp³-hybridized carbons (Fsp3) is 0. The minimum atomic E-state index is 0.496. The minimum Gasteiger partial charge on any atom is -0.416 e. The molecule has 0 unspecified atom stereocenters. The van der Waals surface area contributed by atoms with E-state index >= 15 is 0 Å². The number of pyridine rings is 1. The van der Waals surface area contributed by atoms with Crippen LogP contribution in [0.25, 0.3) is 22.9 Å². The lowest BCUT2D eigenvalue weighted by Gasteiger charge is -1.95. The largest absolute Gasteiger partial charge is 0.416 e. The third-order valence-electron chi connectivity index (χ3n) is 2.44. The molecule has 0 saturated carbocycles. The van der Waals surface area contributed by atoms with E-state index in [1.54, 1.807) is 12.4 Å². The fourth-order valence-corrected chi connectivity index (χ4v) is 1.81. The first-order chi connectivity index (χ1) is 8.83. The van der Waals surface area contributed by atoms with Crippen LogP contribution in [-0.2, 0) is 0 Å². The number of nitrogens with zero attached hydrogens (tertiary/aromatic N) is 3. The highest BCUT2D eigenvalue weighted by molar-refractivity contribution is 9.10. The first-order valence-corrected chi connectivity index (χ1v) is 6.12. The molecular formula is C13H8BrN3O. The van der Waals surface area contributed by atoms with Gasteiger partial charge in [-0.1, -0.05) is 15.9 Å². The van der Waals surface area contributed by atoms with Crippen LogP contribution < -0.4 is 0 Å². The Labute approximate surface area is 112 Å². The van der Waals surface area contributed by atoms with Crippen molar-refractivity contribution in [3.8, 4) is 22.9 Å². The highest BCUT2D eigenvalue weighted by Gasteiger charge is 2.09. The Morgan fingerprint density at radius 3 is 1.94 bits per heavy atom. The lowest BCUT2D eigenvalue weighted by atomic mass is 10.2. The van der Waals surface area contributed by atoms with Crippen molar-refractivity contribution in [2.24, 2.45) is 0 Å². The minimum absolute atomic E-state index is 0.496. The molecule has 0 spiro atoms. The average Bonchev–Trinajstić information content (AvgIpc) is 2.90. The first-order valence-electron chi connectivity index (χ1n) is 5.33. The molecule has 2 aromatic heterocycles. The molecule has 2 heterocycles. The molecule has 5 heteroatoms. The Morgan fingerprint density at radius 1 is 0.778 bits per heavy atom. The van der Waals surface area contributed by atoms with Gasteiger partial charge in [0.05, 0.1) is 0 Å². The lowest BCUT2D eigenvalue weighted by molar-refractivity contribution is 0.584. The normalized spacial score (nSPS) is 10.5. The number of hydrogen-bond acceptors (Lipinski definition) is 4. The molecule has 0 aliphatic carbocycles. The molecule has 0 radical (unpaired) electrons. The van der Waals surface area contributed by atoms with Gasteiger partial charge in [-0.2, -0.15) is 0 Å². The number of rotatable bonds is 2. The van der Waals surface area contributed by atoms with E-state index in [9.17, 15) is 0 Å². The van der Waals surface area contributed by atoms with Gasteiger partial charge in [-0.05, 0) is 36.4 Å². The monoisotopic (exact) mass is 301 g/mol. The number of hydrogen-bond donors (Lipinski definition) is 0. The maximum atomic E-state index is 5.63. The van der Waals surface area contributed by atoms with Crippen molar-refractivity contribution in [1.29, 1.82) is 0 Å². The van der Waals surface area contributed by atoms with Crippen molar-refractivity contribution in [2.75, 3.05) is 0 Å². The summed E-state index contributed by atoms with van der Waals surface area (Å²) in [7, 11) is 0. The zero-order valence-corrected chi connectivity index (χ0v) is 10.8. The summed E-state index contributed by atoms with van der Waals surface area (Å²) in [6, 6.07) is 11.4. The summed E-state index contributed by atoms with van der Waals surface area (Å²) in [5.41, 5.74) is 1.76. The van der Waals surface area contributed by atoms with E-state index in [0.717, 1.165) is 15.6 Å². The summed E-state index contributed by atoms with van der Waals surface area (Å²) in [6.45, 7) is 0. The van der Waals surface area contributed by atoms with Gasteiger partial charge in [0.25, 0.3) is 0 Å². The van der Waals surface area contributed by atoms with E-state index < -0.39 is 0 Å². The molecule has 3 rings (SSSR count). The van der Waals surface area contributed by atoms with Crippen LogP contribution in [0.3, 0.4) is 0 Å². The van der Waals surface area contributed by atoms with Crippen LogP contribution in [0.5, 0.6) is 0 Å². The summed E-state index contributed by atoms with van der Waals surface area (Å²) in [5.74, 6) is 1.00. The molecule has 0 amide bonds. The maximum Gasteiger partial charge on any atom is 0.248 e. The lowest BCUT2D eigenvalue weighted by Crippen LogP contribution is -1.77. The SMILES string of the molecule is Brc1ccc(-c2nnc(-c3ccncc3)o2)cc1. The molecule has 0 bridgehead atoms. The molecule has 88 valence electrons. The average molecular weight is 302 g/mol. The zero-order chi connectivity index (χ0) is 12.4. The van der Waals surface area contributed by atoms with Gasteiger partial charge in [-0.15, -0.1) is 10.2 Å². The molecule has 4 nitrogen and oxygen atoms in total. The quantitative estimate of drug-likeness (QED) is 0.726. The summed E-state index contributed by atoms with van der Waals surface area (Å²) < 4.78 is 6.64. The van der Waals surface area contributed by atoms with Gasteiger partial charge >= 0.3 is 0 Å². The Hall–Kier alpha value is -2.01. The number of halogens is 1. The smallest absolute Gasteiger partial charge is 0.248 e. The molecule has 1 aromatic carbocycles. The van der Waals surface area contributed by atoms with Crippen LogP contribution in [0.1, 0.15) is 0 Å². The number of benzene rings is 1. The van der Waals surface area contributed by atoms with Gasteiger partial charge in [0.15, 0.2) is 0 Å². The van der Waals surface area contributed by atoms with Crippen molar-refractivity contribution in [1.82, 2.24) is 15.2 Å². The van der Waals surface area contributed by atoms with Gasteiger partial charge in [0.1, 0.15) is 0 Å². The molecule has 0 aliphatic rings. The first kappa shape index (κ1) is 11.1. The predicted octanol–water partition coefficient (Wildman–Crippen LogP) is 3.56. The topological polar surface area (TPSA) is 51.8 Å². The molecule has 0 N–H and O–H groups in total. The van der Waals surface area contributed by atoms with Gasteiger partial charge in [-0.3, -0.25) is 4.98 Å². The third-order valence-corrected chi connectivity index (χ3v) is 2.97. The molecule has 3 aromatic rings. The fourth-order valence-electron chi connectivity index (χ4n) is 1.54. The maximum absolute atomic E-state index is 5.63. The molecule has 0 saturated heterocycles. The summed E-state index contributed by atoms with van der Waals surface area (Å²) in [6.07, 6.45) is 3.39. The van der Waals surface area contributed by atoms with Crippen molar-refractivity contribution in [2.45, 2.75) is 0 Å². The van der Waals surface area contributed by atoms with E-state index in [4.69, 9.17) is 4.42 Å². The molecule has 0 fully saturated rings. The zero-order valence-electron chi connectivity index (χ0n) is 9.25. The summed E-state index contributed by atoms with van der Waals surface area (Å²) in [5, 5.41) is 8.07. The van der Waals surface area contributed by atoms with Crippen molar-refractivity contribution in [3.05, 3.63) is 53.3 Å². The summed E-state index contributed by atoms with van der Waals surface area (Å²) >= 11 is 3.39. The molecule has 0 aliphatic heterocycles. The second-order valence-electron chi connectivity index (χ2n) is 3.66. The Balaban J connectivity index is 1.97. The van der Waals surface area contributed by atoms with Crippen LogP contribution in [0.2, 0.25) is 0 Å². The Kier molecular flexibility index (Phi) is 2.90. The summed E-state index contributed by atoms with van der Waals surface area (Å²) in [4.78, 5) is 3.95. The van der Waals surface area contributed by atoms with E-state index in [-0.39, 0.29) is 0 Å². The predicted molar refractivity (Wildman–Crippen MR) is 70.7 cm³/mol. The second-order valence-corrected chi connectivity index (χ2v) is 4.57. The Bertz CT molecular complexity index is 650. The third kappa shape index (κ3) is 2.17. The molecule has 0 atom stereocenters.